The summed E-state index contributed by atoms with van der Waals surface area (Å²) in [6, 6.07) is 2.17. The van der Waals surface area contributed by atoms with Crippen LogP contribution >= 0.6 is 0 Å². The van der Waals surface area contributed by atoms with Crippen molar-refractivity contribution in [3.8, 4) is 0 Å². The first-order valence-corrected chi connectivity index (χ1v) is 6.65. The van der Waals surface area contributed by atoms with Gasteiger partial charge in [-0.25, -0.2) is 0 Å². The molecule has 0 saturated carbocycles. The SMILES string of the molecule is CCn1nc(C)cc1C(=O)N(C)C1CCCNC1. The zero-order valence-corrected chi connectivity index (χ0v) is 11.4. The molecule has 2 heterocycles. The van der Waals surface area contributed by atoms with Gasteiger partial charge in [-0.15, -0.1) is 0 Å². The molecule has 0 aromatic carbocycles. The van der Waals surface area contributed by atoms with Gasteiger partial charge in [0.15, 0.2) is 0 Å². The van der Waals surface area contributed by atoms with Crippen molar-refractivity contribution in [1.29, 1.82) is 0 Å². The van der Waals surface area contributed by atoms with Crippen LogP contribution in [0.25, 0.3) is 0 Å². The number of hydrogen-bond donors (Lipinski definition) is 1. The Bertz CT molecular complexity index is 421. The quantitative estimate of drug-likeness (QED) is 0.872. The fraction of sp³-hybridized carbons (Fsp3) is 0.692. The van der Waals surface area contributed by atoms with Crippen LogP contribution in [0.4, 0.5) is 0 Å². The molecular weight excluding hydrogens is 228 g/mol. The van der Waals surface area contributed by atoms with Gasteiger partial charge in [0.25, 0.3) is 5.91 Å². The molecule has 1 aliphatic rings. The summed E-state index contributed by atoms with van der Waals surface area (Å²) in [6.07, 6.45) is 2.21. The van der Waals surface area contributed by atoms with Crippen LogP contribution in [-0.2, 0) is 6.54 Å². The number of carbonyl (C=O) groups excluding carboxylic acids is 1. The minimum Gasteiger partial charge on any atom is -0.336 e. The number of rotatable bonds is 3. The lowest BCUT2D eigenvalue weighted by Crippen LogP contribution is -2.47. The lowest BCUT2D eigenvalue weighted by molar-refractivity contribution is 0.0695. The second-order valence-corrected chi connectivity index (χ2v) is 4.90. The Morgan fingerprint density at radius 2 is 2.44 bits per heavy atom. The third-order valence-corrected chi connectivity index (χ3v) is 3.56. The van der Waals surface area contributed by atoms with Crippen LogP contribution in [0.5, 0.6) is 0 Å². The number of piperidine rings is 1. The van der Waals surface area contributed by atoms with Gasteiger partial charge in [0, 0.05) is 26.2 Å². The molecule has 100 valence electrons. The number of aromatic nitrogens is 2. The van der Waals surface area contributed by atoms with Crippen molar-refractivity contribution in [3.63, 3.8) is 0 Å². The van der Waals surface area contributed by atoms with Crippen molar-refractivity contribution in [2.45, 2.75) is 39.3 Å². The molecule has 1 amide bonds. The van der Waals surface area contributed by atoms with Gasteiger partial charge in [0.1, 0.15) is 5.69 Å². The highest BCUT2D eigenvalue weighted by atomic mass is 16.2. The predicted molar refractivity (Wildman–Crippen MR) is 70.6 cm³/mol. The molecule has 0 radical (unpaired) electrons. The minimum atomic E-state index is 0.0751. The molecule has 1 N–H and O–H groups in total. The third kappa shape index (κ3) is 2.56. The molecule has 1 aliphatic heterocycles. The summed E-state index contributed by atoms with van der Waals surface area (Å²) in [5.74, 6) is 0.0751. The Morgan fingerprint density at radius 1 is 1.67 bits per heavy atom. The highest BCUT2D eigenvalue weighted by Gasteiger charge is 2.25. The molecule has 2 rings (SSSR count). The summed E-state index contributed by atoms with van der Waals surface area (Å²) >= 11 is 0. The summed E-state index contributed by atoms with van der Waals surface area (Å²) in [5.41, 5.74) is 1.60. The fourth-order valence-electron chi connectivity index (χ4n) is 2.47. The van der Waals surface area contributed by atoms with Gasteiger partial charge in [-0.05, 0) is 39.3 Å². The predicted octanol–water partition coefficient (Wildman–Crippen LogP) is 1.04. The maximum Gasteiger partial charge on any atom is 0.272 e. The molecule has 0 bridgehead atoms. The number of carbonyl (C=O) groups is 1. The Balaban J connectivity index is 2.13. The number of nitrogens with one attached hydrogen (secondary N) is 1. The summed E-state index contributed by atoms with van der Waals surface area (Å²) in [7, 11) is 1.89. The van der Waals surface area contributed by atoms with Crippen molar-refractivity contribution in [1.82, 2.24) is 20.0 Å². The van der Waals surface area contributed by atoms with E-state index in [1.54, 1.807) is 4.68 Å². The molecule has 1 atom stereocenters. The maximum absolute atomic E-state index is 12.5. The Morgan fingerprint density at radius 3 is 3.06 bits per heavy atom. The van der Waals surface area contributed by atoms with Crippen LogP contribution in [0.15, 0.2) is 6.07 Å². The van der Waals surface area contributed by atoms with Crippen LogP contribution in [0, 0.1) is 6.92 Å². The highest BCUT2D eigenvalue weighted by molar-refractivity contribution is 5.92. The molecule has 1 fully saturated rings. The topological polar surface area (TPSA) is 50.2 Å². The second-order valence-electron chi connectivity index (χ2n) is 4.90. The monoisotopic (exact) mass is 250 g/mol. The van der Waals surface area contributed by atoms with Crippen LogP contribution < -0.4 is 5.32 Å². The van der Waals surface area contributed by atoms with Gasteiger partial charge in [-0.3, -0.25) is 9.48 Å². The van der Waals surface area contributed by atoms with E-state index >= 15 is 0 Å². The first kappa shape index (κ1) is 13.1. The summed E-state index contributed by atoms with van der Waals surface area (Å²) < 4.78 is 1.78. The molecule has 0 spiro atoms. The summed E-state index contributed by atoms with van der Waals surface area (Å²) in [6.45, 7) is 6.61. The third-order valence-electron chi connectivity index (χ3n) is 3.56. The van der Waals surface area contributed by atoms with E-state index in [1.807, 2.05) is 31.9 Å². The van der Waals surface area contributed by atoms with E-state index in [-0.39, 0.29) is 5.91 Å². The Hall–Kier alpha value is -1.36. The highest BCUT2D eigenvalue weighted by Crippen LogP contribution is 2.13. The largest absolute Gasteiger partial charge is 0.336 e. The van der Waals surface area contributed by atoms with Crippen molar-refractivity contribution < 1.29 is 4.79 Å². The van der Waals surface area contributed by atoms with E-state index in [9.17, 15) is 4.79 Å². The molecule has 5 heteroatoms. The number of likely N-dealkylation sites (N-methyl/N-ethyl adjacent to an activating group) is 1. The standard InChI is InChI=1S/C13H22N4O/c1-4-17-12(8-10(2)15-17)13(18)16(3)11-6-5-7-14-9-11/h8,11,14H,4-7,9H2,1-3H3. The maximum atomic E-state index is 12.5. The van der Waals surface area contributed by atoms with E-state index in [1.165, 1.54) is 0 Å². The molecule has 0 aliphatic carbocycles. The van der Waals surface area contributed by atoms with Gasteiger partial charge in [0.05, 0.1) is 5.69 Å². The average Bonchev–Trinajstić information content (AvgIpc) is 2.79. The van der Waals surface area contributed by atoms with E-state index in [2.05, 4.69) is 10.4 Å². The lowest BCUT2D eigenvalue weighted by atomic mass is 10.1. The van der Waals surface area contributed by atoms with Crippen molar-refractivity contribution in [2.75, 3.05) is 20.1 Å². The van der Waals surface area contributed by atoms with E-state index in [0.717, 1.165) is 38.2 Å². The van der Waals surface area contributed by atoms with Gasteiger partial charge < -0.3 is 10.2 Å². The van der Waals surface area contributed by atoms with Crippen molar-refractivity contribution in [2.24, 2.45) is 0 Å². The molecule has 5 nitrogen and oxygen atoms in total. The van der Waals surface area contributed by atoms with Crippen LogP contribution in [0.1, 0.15) is 35.9 Å². The van der Waals surface area contributed by atoms with Crippen molar-refractivity contribution >= 4 is 5.91 Å². The van der Waals surface area contributed by atoms with Crippen LogP contribution in [-0.4, -0.2) is 46.8 Å². The molecular formula is C13H22N4O. The number of hydrogen-bond acceptors (Lipinski definition) is 3. The Labute approximate surface area is 108 Å². The van der Waals surface area contributed by atoms with E-state index in [0.29, 0.717) is 11.7 Å². The fourth-order valence-corrected chi connectivity index (χ4v) is 2.47. The molecule has 1 unspecified atom stereocenters. The van der Waals surface area contributed by atoms with E-state index < -0.39 is 0 Å². The normalized spacial score (nSPS) is 19.8. The number of aryl methyl sites for hydroxylation is 2. The van der Waals surface area contributed by atoms with Crippen LogP contribution in [0.3, 0.4) is 0 Å². The molecule has 1 aromatic rings. The first-order valence-electron chi connectivity index (χ1n) is 6.65. The molecule has 1 saturated heterocycles. The average molecular weight is 250 g/mol. The van der Waals surface area contributed by atoms with Gasteiger partial charge in [0.2, 0.25) is 0 Å². The second kappa shape index (κ2) is 5.52. The Kier molecular flexibility index (Phi) is 4.01. The van der Waals surface area contributed by atoms with Gasteiger partial charge in [-0.1, -0.05) is 0 Å². The lowest BCUT2D eigenvalue weighted by Gasteiger charge is -2.31. The van der Waals surface area contributed by atoms with Crippen LogP contribution in [0.2, 0.25) is 0 Å². The number of amides is 1. The summed E-state index contributed by atoms with van der Waals surface area (Å²) in [5, 5.41) is 7.67. The first-order chi connectivity index (χ1) is 8.63. The van der Waals surface area contributed by atoms with Crippen molar-refractivity contribution in [3.05, 3.63) is 17.5 Å². The smallest absolute Gasteiger partial charge is 0.272 e. The van der Waals surface area contributed by atoms with Gasteiger partial charge >= 0.3 is 0 Å². The molecule has 1 aromatic heterocycles. The van der Waals surface area contributed by atoms with Gasteiger partial charge in [-0.2, -0.15) is 5.10 Å². The minimum absolute atomic E-state index is 0.0751. The zero-order chi connectivity index (χ0) is 13.1. The number of nitrogens with zero attached hydrogens (tertiary/aromatic N) is 3. The summed E-state index contributed by atoms with van der Waals surface area (Å²) in [4.78, 5) is 14.3. The molecule has 18 heavy (non-hydrogen) atoms. The zero-order valence-electron chi connectivity index (χ0n) is 11.4. The van der Waals surface area contributed by atoms with E-state index in [4.69, 9.17) is 0 Å².